The van der Waals surface area contributed by atoms with Crippen LogP contribution in [0.5, 0.6) is 17.2 Å². The summed E-state index contributed by atoms with van der Waals surface area (Å²) in [5.74, 6) is 0.933. The molecule has 6 aliphatic rings. The topological polar surface area (TPSA) is 126 Å². The standard InChI is InChI=1S/C27H28BrNO4S.C24H24BrNO4S/c1-15-5-10-19-23(25(15)33-16(2)30)27-11-12-29(3)24(20(27)13-22(32-4)21(31)14-27)26(19)34-18-8-6-17(28)7-9-18;1-26-10-9-24-12-18(28)19(30-2)11-16(24)21(26)23(31-14-5-3-13(25)4-6-14)15-7-8-17(27)22(29)20(15)24/h5-10,13,20,24,26H,11-12,14H2,1-4H3;3-8,11,16,21,23,27,29H,9-10,12H2,1-2H3/t20-,24-,26-,27-;16-,21-,23-,24-/m11/s1. The number of hydrogen-bond acceptors (Lipinski definition) is 12. The Kier molecular flexibility index (Phi) is 12.7. The van der Waals surface area contributed by atoms with Gasteiger partial charge < -0.3 is 34.2 Å². The molecule has 2 saturated heterocycles. The molecule has 340 valence electrons. The van der Waals surface area contributed by atoms with E-state index in [0.29, 0.717) is 23.7 Å². The molecule has 2 fully saturated rings. The Labute approximate surface area is 405 Å². The quantitative estimate of drug-likeness (QED) is 0.104. The molecule has 0 amide bonds. The van der Waals surface area contributed by atoms with E-state index in [0.717, 1.165) is 67.6 Å². The Hall–Kier alpha value is -4.05. The average Bonchev–Trinajstić information content (AvgIpc) is 3.27. The van der Waals surface area contributed by atoms with Crippen molar-refractivity contribution in [3.05, 3.63) is 133 Å². The summed E-state index contributed by atoms with van der Waals surface area (Å²) in [6.45, 7) is 5.10. The van der Waals surface area contributed by atoms with Crippen LogP contribution >= 0.6 is 55.4 Å². The minimum atomic E-state index is -0.536. The number of phenolic OH excluding ortho intramolecular Hbond substituents is 2. The number of carbonyl (C=O) groups is 3. The van der Waals surface area contributed by atoms with Gasteiger partial charge in [0, 0.05) is 84.4 Å². The lowest BCUT2D eigenvalue weighted by Crippen LogP contribution is -2.61. The molecule has 10 nitrogen and oxygen atoms in total. The number of methoxy groups -OCH3 is 2. The smallest absolute Gasteiger partial charge is 0.308 e. The van der Waals surface area contributed by atoms with Gasteiger partial charge in [-0.1, -0.05) is 50.1 Å². The first-order chi connectivity index (χ1) is 31.1. The van der Waals surface area contributed by atoms with Gasteiger partial charge >= 0.3 is 5.97 Å². The molecular weight excluding hydrogens is 993 g/mol. The molecule has 0 radical (unpaired) electrons. The van der Waals surface area contributed by atoms with Gasteiger partial charge in [-0.2, -0.15) is 0 Å². The largest absolute Gasteiger partial charge is 0.504 e. The first-order valence-electron chi connectivity index (χ1n) is 21.8. The zero-order valence-corrected chi connectivity index (χ0v) is 41.9. The number of hydrogen-bond donors (Lipinski definition) is 2. The number of allylic oxidation sites excluding steroid dienone is 2. The molecule has 0 spiro atoms. The van der Waals surface area contributed by atoms with E-state index < -0.39 is 10.8 Å². The summed E-state index contributed by atoms with van der Waals surface area (Å²) in [6, 6.07) is 24.6. The number of rotatable bonds is 7. The molecule has 10 rings (SSSR count). The number of aryl methyl sites for hydroxylation is 1. The maximum atomic E-state index is 13.2. The number of fused-ring (bicyclic) bond motifs is 2. The van der Waals surface area contributed by atoms with Gasteiger partial charge in [-0.25, -0.2) is 0 Å². The second-order valence-electron chi connectivity index (χ2n) is 18.1. The van der Waals surface area contributed by atoms with Crippen molar-refractivity contribution in [2.45, 2.75) is 82.7 Å². The van der Waals surface area contributed by atoms with Gasteiger partial charge in [-0.05, 0) is 130 Å². The number of nitrogens with zero attached hydrogens (tertiary/aromatic N) is 2. The lowest BCUT2D eigenvalue weighted by atomic mass is 9.53. The minimum Gasteiger partial charge on any atom is -0.504 e. The number of carbonyl (C=O) groups excluding carboxylic acids is 3. The molecule has 2 N–H and O–H groups in total. The lowest BCUT2D eigenvalue weighted by Gasteiger charge is -2.59. The fourth-order valence-electron chi connectivity index (χ4n) is 11.8. The number of ketones is 2. The molecule has 14 heteroatoms. The van der Waals surface area contributed by atoms with E-state index in [2.05, 4.69) is 98.2 Å². The predicted molar refractivity (Wildman–Crippen MR) is 260 cm³/mol. The van der Waals surface area contributed by atoms with Crippen LogP contribution < -0.4 is 4.74 Å². The number of likely N-dealkylation sites (N-methyl/N-ethyl adjacent to an activating group) is 2. The van der Waals surface area contributed by atoms with Crippen LogP contribution in [-0.4, -0.2) is 91.0 Å². The van der Waals surface area contributed by atoms with Crippen LogP contribution in [0.25, 0.3) is 0 Å². The fourth-order valence-corrected chi connectivity index (χ4v) is 15.2. The molecule has 4 bridgehead atoms. The first-order valence-corrected chi connectivity index (χ1v) is 25.2. The van der Waals surface area contributed by atoms with E-state index in [4.69, 9.17) is 14.2 Å². The normalized spacial score (nSPS) is 28.8. The Morgan fingerprint density at radius 3 is 1.60 bits per heavy atom. The number of halogens is 2. The highest BCUT2D eigenvalue weighted by Crippen LogP contribution is 2.65. The average molecular weight is 1040 g/mol. The third-order valence-corrected chi connectivity index (χ3v) is 18.4. The van der Waals surface area contributed by atoms with E-state index in [1.54, 1.807) is 24.9 Å². The molecule has 0 aromatic heterocycles. The van der Waals surface area contributed by atoms with Gasteiger partial charge in [0.25, 0.3) is 0 Å². The van der Waals surface area contributed by atoms with Gasteiger partial charge in [0.1, 0.15) is 5.75 Å². The summed E-state index contributed by atoms with van der Waals surface area (Å²) in [6.07, 6.45) is 6.22. The molecule has 4 aromatic carbocycles. The molecular formula is C51H52Br2N2O8S2. The van der Waals surface area contributed by atoms with Gasteiger partial charge in [0.05, 0.1) is 24.7 Å². The van der Waals surface area contributed by atoms with E-state index >= 15 is 0 Å². The highest BCUT2D eigenvalue weighted by atomic mass is 79.9. The number of aromatic hydroxyl groups is 2. The van der Waals surface area contributed by atoms with Gasteiger partial charge in [0.15, 0.2) is 34.6 Å². The number of ether oxygens (including phenoxy) is 3. The molecule has 0 unspecified atom stereocenters. The summed E-state index contributed by atoms with van der Waals surface area (Å²) >= 11 is 10.6. The van der Waals surface area contributed by atoms with Crippen molar-refractivity contribution in [2.24, 2.45) is 11.8 Å². The third kappa shape index (κ3) is 7.87. The molecule has 65 heavy (non-hydrogen) atoms. The summed E-state index contributed by atoms with van der Waals surface area (Å²) in [5, 5.41) is 21.5. The highest BCUT2D eigenvalue weighted by molar-refractivity contribution is 9.10. The van der Waals surface area contributed by atoms with Crippen LogP contribution in [0.15, 0.2) is 115 Å². The van der Waals surface area contributed by atoms with Crippen molar-refractivity contribution in [1.29, 1.82) is 0 Å². The van der Waals surface area contributed by atoms with Crippen LogP contribution in [0.2, 0.25) is 0 Å². The van der Waals surface area contributed by atoms with Crippen molar-refractivity contribution in [3.8, 4) is 17.2 Å². The van der Waals surface area contributed by atoms with Crippen LogP contribution in [0, 0.1) is 18.8 Å². The number of esters is 1. The van der Waals surface area contributed by atoms with E-state index in [1.165, 1.54) is 18.9 Å². The van der Waals surface area contributed by atoms with Crippen molar-refractivity contribution < 1.29 is 38.8 Å². The Balaban J connectivity index is 0.000000165. The van der Waals surface area contributed by atoms with E-state index in [-0.39, 0.29) is 69.9 Å². The molecule has 4 aromatic rings. The van der Waals surface area contributed by atoms with Crippen LogP contribution in [-0.2, 0) is 34.7 Å². The monoisotopic (exact) mass is 1040 g/mol. The van der Waals surface area contributed by atoms with Crippen molar-refractivity contribution in [3.63, 3.8) is 0 Å². The van der Waals surface area contributed by atoms with Crippen LogP contribution in [0.4, 0.5) is 0 Å². The van der Waals surface area contributed by atoms with Gasteiger partial charge in [-0.3, -0.25) is 14.4 Å². The maximum absolute atomic E-state index is 13.2. The Morgan fingerprint density at radius 2 is 1.14 bits per heavy atom. The first kappa shape index (κ1) is 46.1. The zero-order chi connectivity index (χ0) is 46.1. The van der Waals surface area contributed by atoms with Crippen molar-refractivity contribution in [1.82, 2.24) is 9.80 Å². The Bertz CT molecular complexity index is 2640. The molecule has 2 heterocycles. The number of piperidine rings is 2. The Morgan fingerprint density at radius 1 is 0.692 bits per heavy atom. The number of phenols is 2. The van der Waals surface area contributed by atoms with E-state index in [1.807, 2.05) is 55.1 Å². The number of likely N-dealkylation sites (tertiary alicyclic amines) is 2. The van der Waals surface area contributed by atoms with Crippen molar-refractivity contribution >= 4 is 72.9 Å². The number of benzene rings is 4. The van der Waals surface area contributed by atoms with Gasteiger partial charge in [-0.15, -0.1) is 23.5 Å². The molecule has 2 aliphatic heterocycles. The number of Topliss-reactive ketones (excluding diaryl/α,β-unsaturated/α-hetero) is 2. The maximum Gasteiger partial charge on any atom is 0.308 e. The third-order valence-electron chi connectivity index (χ3n) is 14.7. The zero-order valence-electron chi connectivity index (χ0n) is 37.1. The second-order valence-corrected chi connectivity index (χ2v) is 22.4. The predicted octanol–water partition coefficient (Wildman–Crippen LogP) is 10.4. The lowest BCUT2D eigenvalue weighted by molar-refractivity contribution is -0.132. The molecule has 4 aliphatic carbocycles. The van der Waals surface area contributed by atoms with Gasteiger partial charge in [0.2, 0.25) is 0 Å². The van der Waals surface area contributed by atoms with Crippen molar-refractivity contribution in [2.75, 3.05) is 41.4 Å². The fraction of sp³-hybridized carbons (Fsp3) is 0.392. The summed E-state index contributed by atoms with van der Waals surface area (Å²) in [4.78, 5) is 45.3. The SMILES string of the molecule is COC1=C[C@@H]2[C@@H]3[C@H](Sc4ccc(Br)cc4)c4ccc(C)c(OC(C)=O)c4[C@]2(CCN3C)CC1=O.COC1=C[C@@H]2[C@@H]3[C@H](Sc4ccc(Br)cc4)c4ccc(O)c(O)c4[C@]2(CCN3C)CC1=O. The minimum absolute atomic E-state index is 0.00736. The second kappa shape index (κ2) is 17.9. The number of thioether (sulfide) groups is 2. The summed E-state index contributed by atoms with van der Waals surface area (Å²) in [7, 11) is 7.41. The van der Waals surface area contributed by atoms with Crippen LogP contribution in [0.3, 0.4) is 0 Å². The highest BCUT2D eigenvalue weighted by Gasteiger charge is 2.61. The summed E-state index contributed by atoms with van der Waals surface area (Å²) in [5.41, 5.74) is 3.89. The van der Waals surface area contributed by atoms with Crippen LogP contribution in [0.1, 0.15) is 70.9 Å². The summed E-state index contributed by atoms with van der Waals surface area (Å²) < 4.78 is 18.9. The van der Waals surface area contributed by atoms with E-state index in [9.17, 15) is 24.6 Å². The molecule has 0 saturated carbocycles. The molecule has 8 atom stereocenters.